The Hall–Kier alpha value is -3.57. The first-order valence-corrected chi connectivity index (χ1v) is 21.7. The molecular formula is C44H69N5O5S. The molecule has 1 aliphatic heterocycles. The molecule has 10 nitrogen and oxygen atoms in total. The first kappa shape index (κ1) is 45.8. The zero-order valence-electron chi connectivity index (χ0n) is 34.3. The minimum Gasteiger partial charge on any atom is -0.391 e. The fourth-order valence-corrected chi connectivity index (χ4v) is 7.75. The summed E-state index contributed by atoms with van der Waals surface area (Å²) in [5, 5.41) is 19.3. The monoisotopic (exact) mass is 780 g/mol. The molecule has 3 atom stereocenters. The highest BCUT2D eigenvalue weighted by atomic mass is 32.1. The van der Waals surface area contributed by atoms with Crippen LogP contribution >= 0.6 is 11.3 Å². The van der Waals surface area contributed by atoms with Crippen LogP contribution in [-0.4, -0.2) is 69.9 Å². The van der Waals surface area contributed by atoms with Crippen LogP contribution in [0.2, 0.25) is 0 Å². The lowest BCUT2D eigenvalue weighted by atomic mass is 9.85. The van der Waals surface area contributed by atoms with Crippen LogP contribution in [0.25, 0.3) is 10.4 Å². The molecular weight excluding hydrogens is 711 g/mol. The van der Waals surface area contributed by atoms with E-state index < -0.39 is 29.5 Å². The molecule has 1 fully saturated rings. The summed E-state index contributed by atoms with van der Waals surface area (Å²) in [5.41, 5.74) is 4.13. The molecule has 0 unspecified atom stereocenters. The molecule has 0 radical (unpaired) electrons. The van der Waals surface area contributed by atoms with Crippen molar-refractivity contribution in [3.05, 3.63) is 53.2 Å². The Morgan fingerprint density at radius 1 is 0.873 bits per heavy atom. The van der Waals surface area contributed by atoms with E-state index in [0.717, 1.165) is 47.4 Å². The molecule has 0 saturated carbocycles. The number of hydrogen-bond donors (Lipinski definition) is 4. The number of allylic oxidation sites excluding steroid dienone is 2. The van der Waals surface area contributed by atoms with E-state index in [-0.39, 0.29) is 43.7 Å². The Bertz CT molecular complexity index is 1480. The average molecular weight is 780 g/mol. The van der Waals surface area contributed by atoms with Crippen molar-refractivity contribution in [3.8, 4) is 10.4 Å². The molecule has 11 heteroatoms. The number of β-amino-alcohol motifs (C(OH)–C–C–N with tert-alkyl or cyclic N) is 1. The highest BCUT2D eigenvalue weighted by Crippen LogP contribution is 2.28. The molecule has 3 rings (SSSR count). The first-order chi connectivity index (χ1) is 26.4. The predicted molar refractivity (Wildman–Crippen MR) is 223 cm³/mol. The standard InChI is InChI=1S/C44H69N5O5S/c1-6-7-8-9-10-11-12-13-14-15-16-17-18-19-20-22-38(51)45-28-21-23-39(52)48-41(44(3,4)5)43(54)49-31-36(50)29-37(49)42(53)46-30-34-24-26-35(27-25-34)40-33(2)47-32-55-40/h13-14,24-27,32,36-37,41,50H,6-12,15-23,28-31H2,1-5H3,(H,45,51)(H,46,53)(H,48,52)/b14-13-/t36-,37+,41-/m1/s1. The summed E-state index contributed by atoms with van der Waals surface area (Å²) in [5.74, 6) is -1.03. The fraction of sp³-hybridized carbons (Fsp3) is 0.659. The van der Waals surface area contributed by atoms with Gasteiger partial charge in [-0.15, -0.1) is 11.3 Å². The summed E-state index contributed by atoms with van der Waals surface area (Å²) < 4.78 is 0. The zero-order chi connectivity index (χ0) is 40.1. The van der Waals surface area contributed by atoms with Crippen LogP contribution in [0.15, 0.2) is 41.9 Å². The summed E-state index contributed by atoms with van der Waals surface area (Å²) in [4.78, 5) is 59.4. The van der Waals surface area contributed by atoms with Crippen LogP contribution in [0.3, 0.4) is 0 Å². The predicted octanol–water partition coefficient (Wildman–Crippen LogP) is 8.16. The van der Waals surface area contributed by atoms with Gasteiger partial charge in [0.2, 0.25) is 23.6 Å². The Morgan fingerprint density at radius 3 is 2.11 bits per heavy atom. The van der Waals surface area contributed by atoms with Crippen molar-refractivity contribution in [3.63, 3.8) is 0 Å². The Morgan fingerprint density at radius 2 is 1.49 bits per heavy atom. The number of hydrogen-bond acceptors (Lipinski definition) is 7. The largest absolute Gasteiger partial charge is 0.391 e. The van der Waals surface area contributed by atoms with Gasteiger partial charge in [0.05, 0.1) is 22.2 Å². The molecule has 4 N–H and O–H groups in total. The van der Waals surface area contributed by atoms with E-state index in [1.807, 2.05) is 57.5 Å². The van der Waals surface area contributed by atoms with E-state index in [4.69, 9.17) is 0 Å². The lowest BCUT2D eigenvalue weighted by Crippen LogP contribution is -2.57. The molecule has 0 bridgehead atoms. The van der Waals surface area contributed by atoms with Crippen LogP contribution in [-0.2, 0) is 25.7 Å². The molecule has 306 valence electrons. The number of thiazole rings is 1. The third-order valence-corrected chi connectivity index (χ3v) is 11.3. The van der Waals surface area contributed by atoms with Crippen molar-refractivity contribution in [2.75, 3.05) is 13.1 Å². The van der Waals surface area contributed by atoms with Crippen LogP contribution in [0, 0.1) is 12.3 Å². The number of amides is 4. The van der Waals surface area contributed by atoms with Gasteiger partial charge < -0.3 is 26.0 Å². The third kappa shape index (κ3) is 17.0. The SMILES string of the molecule is CCCCCCCC/C=C\CCCCCCCC(=O)NCCCC(=O)N[C@H](C(=O)N1C[C@H](O)C[C@H]1C(=O)NCc1ccc(-c2scnc2C)cc1)C(C)(C)C. The Balaban J connectivity index is 1.32. The van der Waals surface area contributed by atoms with Crippen molar-refractivity contribution in [2.24, 2.45) is 5.41 Å². The Labute approximate surface area is 334 Å². The summed E-state index contributed by atoms with van der Waals surface area (Å²) >= 11 is 1.58. The number of nitrogens with one attached hydrogen (secondary N) is 3. The number of carbonyl (C=O) groups excluding carboxylic acids is 4. The van der Waals surface area contributed by atoms with E-state index >= 15 is 0 Å². The highest BCUT2D eigenvalue weighted by molar-refractivity contribution is 7.13. The second-order valence-electron chi connectivity index (χ2n) is 16.2. The quantitative estimate of drug-likeness (QED) is 0.0593. The number of aryl methyl sites for hydroxylation is 1. The van der Waals surface area contributed by atoms with Gasteiger partial charge in [-0.1, -0.05) is 115 Å². The number of likely N-dealkylation sites (tertiary alicyclic amines) is 1. The number of aliphatic hydroxyl groups excluding tert-OH is 1. The number of benzene rings is 1. The van der Waals surface area contributed by atoms with Gasteiger partial charge in [-0.05, 0) is 62.0 Å². The lowest BCUT2D eigenvalue weighted by molar-refractivity contribution is -0.144. The summed E-state index contributed by atoms with van der Waals surface area (Å²) in [7, 11) is 0. The second-order valence-corrected chi connectivity index (χ2v) is 17.1. The molecule has 4 amide bonds. The van der Waals surface area contributed by atoms with Crippen molar-refractivity contribution in [1.29, 1.82) is 0 Å². The summed E-state index contributed by atoms with van der Waals surface area (Å²) in [6.07, 6.45) is 20.8. The smallest absolute Gasteiger partial charge is 0.246 e. The molecule has 55 heavy (non-hydrogen) atoms. The highest BCUT2D eigenvalue weighted by Gasteiger charge is 2.44. The van der Waals surface area contributed by atoms with Crippen molar-refractivity contribution in [1.82, 2.24) is 25.8 Å². The van der Waals surface area contributed by atoms with Crippen molar-refractivity contribution >= 4 is 35.0 Å². The van der Waals surface area contributed by atoms with Crippen LogP contribution < -0.4 is 16.0 Å². The van der Waals surface area contributed by atoms with Gasteiger partial charge in [0, 0.05) is 38.9 Å². The maximum atomic E-state index is 13.9. The van der Waals surface area contributed by atoms with Gasteiger partial charge in [0.25, 0.3) is 0 Å². The number of nitrogens with zero attached hydrogens (tertiary/aromatic N) is 2. The zero-order valence-corrected chi connectivity index (χ0v) is 35.1. The Kier molecular flexibility index (Phi) is 20.7. The maximum absolute atomic E-state index is 13.9. The van der Waals surface area contributed by atoms with E-state index in [0.29, 0.717) is 19.4 Å². The maximum Gasteiger partial charge on any atom is 0.246 e. The van der Waals surface area contributed by atoms with Gasteiger partial charge in [-0.2, -0.15) is 0 Å². The van der Waals surface area contributed by atoms with Gasteiger partial charge in [-0.3, -0.25) is 19.2 Å². The van der Waals surface area contributed by atoms with E-state index in [1.165, 1.54) is 62.7 Å². The minimum absolute atomic E-state index is 0.000665. The van der Waals surface area contributed by atoms with Crippen LogP contribution in [0.4, 0.5) is 0 Å². The fourth-order valence-electron chi connectivity index (χ4n) is 6.93. The normalized spacial score (nSPS) is 16.4. The number of rotatable bonds is 25. The van der Waals surface area contributed by atoms with Crippen molar-refractivity contribution < 1.29 is 24.3 Å². The van der Waals surface area contributed by atoms with E-state index in [9.17, 15) is 24.3 Å². The van der Waals surface area contributed by atoms with Crippen LogP contribution in [0.1, 0.15) is 148 Å². The lowest BCUT2D eigenvalue weighted by Gasteiger charge is -2.35. The van der Waals surface area contributed by atoms with Crippen molar-refractivity contribution in [2.45, 2.75) is 169 Å². The second kappa shape index (κ2) is 24.8. The van der Waals surface area contributed by atoms with Gasteiger partial charge in [0.15, 0.2) is 0 Å². The molecule has 2 heterocycles. The van der Waals surface area contributed by atoms with E-state index in [2.05, 4.69) is 40.0 Å². The van der Waals surface area contributed by atoms with Gasteiger partial charge in [-0.25, -0.2) is 4.98 Å². The number of aromatic nitrogens is 1. The molecule has 1 aromatic carbocycles. The molecule has 0 aliphatic carbocycles. The number of unbranched alkanes of at least 4 members (excludes halogenated alkanes) is 11. The molecule has 1 saturated heterocycles. The molecule has 1 aromatic heterocycles. The third-order valence-electron chi connectivity index (χ3n) is 10.3. The number of aliphatic hydroxyl groups is 1. The summed E-state index contributed by atoms with van der Waals surface area (Å²) in [6.45, 7) is 10.5. The summed E-state index contributed by atoms with van der Waals surface area (Å²) in [6, 6.07) is 6.18. The number of carbonyl (C=O) groups is 4. The topological polar surface area (TPSA) is 141 Å². The van der Waals surface area contributed by atoms with E-state index in [1.54, 1.807) is 11.3 Å². The molecule has 0 spiro atoms. The van der Waals surface area contributed by atoms with Gasteiger partial charge >= 0.3 is 0 Å². The molecule has 1 aliphatic rings. The van der Waals surface area contributed by atoms with Gasteiger partial charge in [0.1, 0.15) is 12.1 Å². The molecule has 2 aromatic rings. The van der Waals surface area contributed by atoms with Crippen LogP contribution in [0.5, 0.6) is 0 Å². The first-order valence-electron chi connectivity index (χ1n) is 20.9. The average Bonchev–Trinajstić information content (AvgIpc) is 3.77. The minimum atomic E-state index is -0.890.